The molecule has 0 bridgehead atoms. The first-order valence-corrected chi connectivity index (χ1v) is 8.44. The third-order valence-corrected chi connectivity index (χ3v) is 5.99. The van der Waals surface area contributed by atoms with Gasteiger partial charge in [0.15, 0.2) is 0 Å². The molecule has 1 saturated carbocycles. The van der Waals surface area contributed by atoms with Gasteiger partial charge in [-0.2, -0.15) is 11.8 Å². The lowest BCUT2D eigenvalue weighted by molar-refractivity contribution is 0.410. The van der Waals surface area contributed by atoms with Gasteiger partial charge >= 0.3 is 0 Å². The third kappa shape index (κ3) is 2.77. The van der Waals surface area contributed by atoms with Crippen LogP contribution in [0.15, 0.2) is 18.2 Å². The molecule has 3 rings (SSSR count). The van der Waals surface area contributed by atoms with E-state index < -0.39 is 0 Å². The number of fused-ring (bicyclic) bond motifs is 1. The summed E-state index contributed by atoms with van der Waals surface area (Å²) in [5.41, 5.74) is 2.96. The van der Waals surface area contributed by atoms with E-state index in [0.717, 1.165) is 12.3 Å². The van der Waals surface area contributed by atoms with Crippen molar-refractivity contribution in [1.29, 1.82) is 0 Å². The molecule has 2 nitrogen and oxygen atoms in total. The van der Waals surface area contributed by atoms with Crippen molar-refractivity contribution >= 4 is 11.8 Å². The molecule has 0 aliphatic heterocycles. The predicted octanol–water partition coefficient (Wildman–Crippen LogP) is 3.56. The fourth-order valence-corrected chi connectivity index (χ4v) is 3.77. The maximum Gasteiger partial charge on any atom is 0.119 e. The summed E-state index contributed by atoms with van der Waals surface area (Å²) in [6, 6.07) is 7.11. The molecule has 0 aromatic heterocycles. The summed E-state index contributed by atoms with van der Waals surface area (Å²) in [7, 11) is 1.75. The second-order valence-corrected chi connectivity index (χ2v) is 7.05. The molecular formula is C16H23NOS. The van der Waals surface area contributed by atoms with Crippen molar-refractivity contribution in [3.63, 3.8) is 0 Å². The first-order valence-electron chi connectivity index (χ1n) is 7.22. The van der Waals surface area contributed by atoms with Gasteiger partial charge in [0.25, 0.3) is 0 Å². The number of aryl methyl sites for hydroxylation is 1. The molecule has 0 radical (unpaired) electrons. The van der Waals surface area contributed by atoms with Gasteiger partial charge in [0, 0.05) is 17.3 Å². The highest BCUT2D eigenvalue weighted by Gasteiger charge is 2.42. The molecule has 1 atom stereocenters. The van der Waals surface area contributed by atoms with Crippen molar-refractivity contribution in [2.75, 3.05) is 19.9 Å². The summed E-state index contributed by atoms with van der Waals surface area (Å²) in [6.07, 6.45) is 8.74. The van der Waals surface area contributed by atoms with Gasteiger partial charge in [0.1, 0.15) is 5.75 Å². The lowest BCUT2D eigenvalue weighted by atomic mass is 9.87. The van der Waals surface area contributed by atoms with Gasteiger partial charge < -0.3 is 10.1 Å². The predicted molar refractivity (Wildman–Crippen MR) is 82.2 cm³/mol. The van der Waals surface area contributed by atoms with Gasteiger partial charge in [-0.15, -0.1) is 0 Å². The Morgan fingerprint density at radius 2 is 2.26 bits per heavy atom. The second-order valence-electron chi connectivity index (χ2n) is 5.78. The van der Waals surface area contributed by atoms with Crippen molar-refractivity contribution in [3.05, 3.63) is 29.3 Å². The highest BCUT2D eigenvalue weighted by atomic mass is 32.2. The normalized spacial score (nSPS) is 23.8. The number of rotatable bonds is 5. The Bertz CT molecular complexity index is 456. The van der Waals surface area contributed by atoms with E-state index in [-0.39, 0.29) is 0 Å². The van der Waals surface area contributed by atoms with Crippen molar-refractivity contribution in [2.45, 2.75) is 42.9 Å². The Morgan fingerprint density at radius 1 is 1.42 bits per heavy atom. The van der Waals surface area contributed by atoms with Gasteiger partial charge in [-0.3, -0.25) is 0 Å². The standard InChI is InChI=1S/C16H23NOS/c1-18-13-6-7-14-12(10-13)4-3-5-15(14)17-11-16(19-2)8-9-16/h6-7,10,15,17H,3-5,8-9,11H2,1-2H3. The van der Waals surface area contributed by atoms with E-state index in [9.17, 15) is 0 Å². The molecule has 3 heteroatoms. The van der Waals surface area contributed by atoms with Crippen molar-refractivity contribution in [3.8, 4) is 5.75 Å². The Labute approximate surface area is 120 Å². The molecule has 1 N–H and O–H groups in total. The average molecular weight is 277 g/mol. The van der Waals surface area contributed by atoms with Gasteiger partial charge in [-0.25, -0.2) is 0 Å². The fraction of sp³-hybridized carbons (Fsp3) is 0.625. The maximum absolute atomic E-state index is 5.33. The average Bonchev–Trinajstić information content (AvgIpc) is 3.25. The zero-order chi connectivity index (χ0) is 13.3. The quantitative estimate of drug-likeness (QED) is 0.889. The van der Waals surface area contributed by atoms with E-state index in [1.54, 1.807) is 7.11 Å². The summed E-state index contributed by atoms with van der Waals surface area (Å²) in [5, 5.41) is 3.81. The number of thioether (sulfide) groups is 1. The van der Waals surface area contributed by atoms with E-state index in [4.69, 9.17) is 4.74 Å². The Morgan fingerprint density at radius 3 is 2.95 bits per heavy atom. The molecule has 2 aliphatic carbocycles. The molecule has 1 aromatic rings. The minimum Gasteiger partial charge on any atom is -0.497 e. The first-order chi connectivity index (χ1) is 9.26. The number of hydrogen-bond acceptors (Lipinski definition) is 3. The number of ether oxygens (including phenoxy) is 1. The van der Waals surface area contributed by atoms with Crippen LogP contribution in [0, 0.1) is 0 Å². The smallest absolute Gasteiger partial charge is 0.119 e. The van der Waals surface area contributed by atoms with Gasteiger partial charge in [-0.1, -0.05) is 6.07 Å². The molecule has 19 heavy (non-hydrogen) atoms. The molecule has 1 unspecified atom stereocenters. The van der Waals surface area contributed by atoms with E-state index in [2.05, 4.69) is 29.8 Å². The van der Waals surface area contributed by atoms with Crippen LogP contribution in [0.4, 0.5) is 0 Å². The minimum atomic E-state index is 0.541. The molecule has 0 saturated heterocycles. The van der Waals surface area contributed by atoms with Gasteiger partial charge in [0.05, 0.1) is 7.11 Å². The molecule has 1 fully saturated rings. The van der Waals surface area contributed by atoms with Crippen LogP contribution in [0.1, 0.15) is 42.9 Å². The topological polar surface area (TPSA) is 21.3 Å². The lowest BCUT2D eigenvalue weighted by Crippen LogP contribution is -2.32. The van der Waals surface area contributed by atoms with Gasteiger partial charge in [-0.05, 0) is 61.6 Å². The SMILES string of the molecule is COc1ccc2c(c1)CCCC2NCC1(SC)CC1. The second kappa shape index (κ2) is 5.37. The van der Waals surface area contributed by atoms with Crippen molar-refractivity contribution in [1.82, 2.24) is 5.32 Å². The Hall–Kier alpha value is -0.670. The Balaban J connectivity index is 1.71. The zero-order valence-corrected chi connectivity index (χ0v) is 12.7. The molecular weight excluding hydrogens is 254 g/mol. The third-order valence-electron chi connectivity index (χ3n) is 4.58. The van der Waals surface area contributed by atoms with Gasteiger partial charge in [0.2, 0.25) is 0 Å². The van der Waals surface area contributed by atoms with Crippen LogP contribution in [0.5, 0.6) is 5.75 Å². The van der Waals surface area contributed by atoms with E-state index in [0.29, 0.717) is 10.8 Å². The molecule has 0 spiro atoms. The molecule has 104 valence electrons. The number of hydrogen-bond donors (Lipinski definition) is 1. The summed E-state index contributed by atoms with van der Waals surface area (Å²) in [4.78, 5) is 0. The number of nitrogens with one attached hydrogen (secondary N) is 1. The van der Waals surface area contributed by atoms with E-state index >= 15 is 0 Å². The minimum absolute atomic E-state index is 0.541. The van der Waals surface area contributed by atoms with Crippen LogP contribution in [0.3, 0.4) is 0 Å². The summed E-state index contributed by atoms with van der Waals surface area (Å²) in [6.45, 7) is 1.16. The largest absolute Gasteiger partial charge is 0.497 e. The van der Waals surface area contributed by atoms with E-state index in [1.807, 2.05) is 11.8 Å². The van der Waals surface area contributed by atoms with Crippen LogP contribution in [-0.4, -0.2) is 24.7 Å². The molecule has 2 aliphatic rings. The van der Waals surface area contributed by atoms with Crippen molar-refractivity contribution in [2.24, 2.45) is 0 Å². The van der Waals surface area contributed by atoms with Crippen LogP contribution in [0.25, 0.3) is 0 Å². The lowest BCUT2D eigenvalue weighted by Gasteiger charge is -2.28. The van der Waals surface area contributed by atoms with Crippen LogP contribution < -0.4 is 10.1 Å². The van der Waals surface area contributed by atoms with Crippen LogP contribution in [0.2, 0.25) is 0 Å². The monoisotopic (exact) mass is 277 g/mol. The number of benzene rings is 1. The van der Waals surface area contributed by atoms with Crippen molar-refractivity contribution < 1.29 is 4.74 Å². The Kier molecular flexibility index (Phi) is 3.77. The van der Waals surface area contributed by atoms with E-state index in [1.165, 1.54) is 43.2 Å². The summed E-state index contributed by atoms with van der Waals surface area (Å²) >= 11 is 2.03. The number of methoxy groups -OCH3 is 1. The highest BCUT2D eigenvalue weighted by Crippen LogP contribution is 2.47. The highest BCUT2D eigenvalue weighted by molar-refractivity contribution is 8.00. The first kappa shape index (κ1) is 13.3. The maximum atomic E-state index is 5.33. The molecule has 0 heterocycles. The molecule has 0 amide bonds. The zero-order valence-electron chi connectivity index (χ0n) is 11.9. The molecule has 1 aromatic carbocycles. The van der Waals surface area contributed by atoms with Crippen LogP contribution >= 0.6 is 11.8 Å². The summed E-state index contributed by atoms with van der Waals surface area (Å²) < 4.78 is 5.88. The van der Waals surface area contributed by atoms with Crippen LogP contribution in [-0.2, 0) is 6.42 Å². The summed E-state index contributed by atoms with van der Waals surface area (Å²) in [5.74, 6) is 0.988. The fourth-order valence-electron chi connectivity index (χ4n) is 3.03.